The molecule has 6 nitrogen and oxygen atoms in total. The number of nitro benzene ring substituents is 1. The van der Waals surface area contributed by atoms with Gasteiger partial charge in [0.05, 0.1) is 10.4 Å². The lowest BCUT2D eigenvalue weighted by Crippen LogP contribution is -1.89. The molecule has 1 aromatic carbocycles. The number of fused-ring (bicyclic) bond motifs is 1. The molecule has 0 saturated heterocycles. The molecule has 3 N–H and O–H groups in total. The summed E-state index contributed by atoms with van der Waals surface area (Å²) >= 11 is 3.17. The number of rotatable bonds is 1. The highest BCUT2D eigenvalue weighted by Gasteiger charge is 2.16. The molecule has 1 aromatic heterocycles. The number of nitrogens with one attached hydrogen (secondary N) is 1. The number of halogens is 1. The van der Waals surface area contributed by atoms with Crippen LogP contribution in [0.2, 0.25) is 0 Å². The van der Waals surface area contributed by atoms with E-state index in [1.807, 2.05) is 0 Å². The van der Waals surface area contributed by atoms with Crippen LogP contribution in [0.15, 0.2) is 16.6 Å². The Labute approximate surface area is 86.4 Å². The van der Waals surface area contributed by atoms with Crippen LogP contribution in [0.4, 0.5) is 11.6 Å². The van der Waals surface area contributed by atoms with Crippen LogP contribution in [0.3, 0.4) is 0 Å². The van der Waals surface area contributed by atoms with Crippen molar-refractivity contribution in [2.45, 2.75) is 0 Å². The standard InChI is InChI=1S/C7H5BrN4O2/c8-3-1-4-6(11-7(9)10-4)5(2-3)12(13)14/h1-2H,(H3,9,10,11). The quantitative estimate of drug-likeness (QED) is 0.601. The van der Waals surface area contributed by atoms with E-state index < -0.39 is 4.92 Å². The van der Waals surface area contributed by atoms with Crippen molar-refractivity contribution < 1.29 is 4.92 Å². The second-order valence-electron chi connectivity index (χ2n) is 2.70. The third-order valence-corrected chi connectivity index (χ3v) is 2.20. The van der Waals surface area contributed by atoms with E-state index in [-0.39, 0.29) is 17.2 Å². The molecule has 0 aliphatic carbocycles. The highest BCUT2D eigenvalue weighted by Crippen LogP contribution is 2.28. The fourth-order valence-electron chi connectivity index (χ4n) is 1.22. The van der Waals surface area contributed by atoms with Gasteiger partial charge in [0.2, 0.25) is 0 Å². The van der Waals surface area contributed by atoms with Gasteiger partial charge in [-0.15, -0.1) is 0 Å². The van der Waals surface area contributed by atoms with Crippen LogP contribution >= 0.6 is 15.9 Å². The van der Waals surface area contributed by atoms with Gasteiger partial charge in [0.25, 0.3) is 5.69 Å². The van der Waals surface area contributed by atoms with Crippen molar-refractivity contribution in [2.24, 2.45) is 0 Å². The molecular formula is C7H5BrN4O2. The van der Waals surface area contributed by atoms with Crippen LogP contribution in [-0.4, -0.2) is 14.9 Å². The molecule has 0 bridgehead atoms. The maximum atomic E-state index is 10.7. The number of hydrogen-bond donors (Lipinski definition) is 2. The molecular weight excluding hydrogens is 252 g/mol. The molecule has 14 heavy (non-hydrogen) atoms. The summed E-state index contributed by atoms with van der Waals surface area (Å²) in [4.78, 5) is 16.7. The Morgan fingerprint density at radius 2 is 2.29 bits per heavy atom. The monoisotopic (exact) mass is 256 g/mol. The number of nitro groups is 1. The van der Waals surface area contributed by atoms with Crippen molar-refractivity contribution in [1.82, 2.24) is 9.97 Å². The van der Waals surface area contributed by atoms with Gasteiger partial charge in [-0.05, 0) is 6.07 Å². The molecule has 0 atom stereocenters. The van der Waals surface area contributed by atoms with E-state index in [0.29, 0.717) is 9.99 Å². The molecule has 0 aliphatic rings. The predicted molar refractivity (Wildman–Crippen MR) is 54.9 cm³/mol. The lowest BCUT2D eigenvalue weighted by atomic mass is 10.3. The van der Waals surface area contributed by atoms with Crippen LogP contribution < -0.4 is 5.73 Å². The Hall–Kier alpha value is -1.63. The zero-order valence-electron chi connectivity index (χ0n) is 6.82. The zero-order valence-corrected chi connectivity index (χ0v) is 8.41. The summed E-state index contributed by atoms with van der Waals surface area (Å²) in [6, 6.07) is 3.08. The maximum Gasteiger partial charge on any atom is 0.298 e. The molecule has 0 radical (unpaired) electrons. The topological polar surface area (TPSA) is 97.8 Å². The molecule has 0 aliphatic heterocycles. The first-order chi connectivity index (χ1) is 6.58. The SMILES string of the molecule is Nc1nc2c([N+](=O)[O-])cc(Br)cc2[nH]1. The fraction of sp³-hybridized carbons (Fsp3) is 0. The van der Waals surface area contributed by atoms with Crippen molar-refractivity contribution >= 4 is 38.6 Å². The van der Waals surface area contributed by atoms with Crippen molar-refractivity contribution in [2.75, 3.05) is 5.73 Å². The summed E-state index contributed by atoms with van der Waals surface area (Å²) in [5, 5.41) is 10.7. The van der Waals surface area contributed by atoms with E-state index in [1.165, 1.54) is 6.07 Å². The molecule has 0 fully saturated rings. The number of nitrogen functional groups attached to an aromatic ring is 1. The number of aromatic amines is 1. The molecule has 0 spiro atoms. The summed E-state index contributed by atoms with van der Waals surface area (Å²) in [5.41, 5.74) is 6.16. The van der Waals surface area contributed by atoms with Crippen LogP contribution in [0, 0.1) is 10.1 Å². The second kappa shape index (κ2) is 2.95. The van der Waals surface area contributed by atoms with Gasteiger partial charge >= 0.3 is 0 Å². The number of aromatic nitrogens is 2. The fourth-order valence-corrected chi connectivity index (χ4v) is 1.67. The third kappa shape index (κ3) is 1.31. The largest absolute Gasteiger partial charge is 0.369 e. The molecule has 2 rings (SSSR count). The number of nitrogens with zero attached hydrogens (tertiary/aromatic N) is 2. The number of anilines is 1. The summed E-state index contributed by atoms with van der Waals surface area (Å²) in [7, 11) is 0. The van der Waals surface area contributed by atoms with Gasteiger partial charge in [-0.1, -0.05) is 15.9 Å². The lowest BCUT2D eigenvalue weighted by molar-refractivity contribution is -0.383. The van der Waals surface area contributed by atoms with Crippen molar-refractivity contribution in [3.8, 4) is 0 Å². The van der Waals surface area contributed by atoms with E-state index in [4.69, 9.17) is 5.73 Å². The number of imidazole rings is 1. The van der Waals surface area contributed by atoms with Crippen molar-refractivity contribution in [1.29, 1.82) is 0 Å². The van der Waals surface area contributed by atoms with Gasteiger partial charge in [-0.3, -0.25) is 10.1 Å². The number of benzene rings is 1. The average molecular weight is 257 g/mol. The Kier molecular flexibility index (Phi) is 1.88. The van der Waals surface area contributed by atoms with Crippen LogP contribution in [0.25, 0.3) is 11.0 Å². The zero-order chi connectivity index (χ0) is 10.3. The normalized spacial score (nSPS) is 10.6. The van der Waals surface area contributed by atoms with E-state index >= 15 is 0 Å². The molecule has 0 amide bonds. The highest BCUT2D eigenvalue weighted by molar-refractivity contribution is 9.10. The summed E-state index contributed by atoms with van der Waals surface area (Å²) in [6.07, 6.45) is 0. The van der Waals surface area contributed by atoms with E-state index in [0.717, 1.165) is 0 Å². The van der Waals surface area contributed by atoms with Gasteiger partial charge in [0.1, 0.15) is 0 Å². The van der Waals surface area contributed by atoms with Crippen LogP contribution in [0.5, 0.6) is 0 Å². The number of H-pyrrole nitrogens is 1. The summed E-state index contributed by atoms with van der Waals surface area (Å²) < 4.78 is 0.611. The van der Waals surface area contributed by atoms with Crippen LogP contribution in [0.1, 0.15) is 0 Å². The number of nitrogens with two attached hydrogens (primary N) is 1. The van der Waals surface area contributed by atoms with Gasteiger partial charge < -0.3 is 10.7 Å². The summed E-state index contributed by atoms with van der Waals surface area (Å²) in [5.74, 6) is 0.168. The van der Waals surface area contributed by atoms with Gasteiger partial charge in [0.15, 0.2) is 11.5 Å². The Morgan fingerprint density at radius 3 is 2.93 bits per heavy atom. The third-order valence-electron chi connectivity index (χ3n) is 1.75. The Balaban J connectivity index is 2.85. The van der Waals surface area contributed by atoms with Crippen molar-refractivity contribution in [3.63, 3.8) is 0 Å². The minimum atomic E-state index is -0.493. The minimum Gasteiger partial charge on any atom is -0.369 e. The molecule has 7 heteroatoms. The van der Waals surface area contributed by atoms with Crippen molar-refractivity contribution in [3.05, 3.63) is 26.7 Å². The van der Waals surface area contributed by atoms with E-state index in [9.17, 15) is 10.1 Å². The molecule has 2 aromatic rings. The number of non-ortho nitro benzene ring substituents is 1. The molecule has 0 saturated carbocycles. The average Bonchev–Trinajstić information content (AvgIpc) is 2.42. The highest BCUT2D eigenvalue weighted by atomic mass is 79.9. The first-order valence-electron chi connectivity index (χ1n) is 3.67. The molecule has 72 valence electrons. The smallest absolute Gasteiger partial charge is 0.298 e. The van der Waals surface area contributed by atoms with Gasteiger partial charge in [0, 0.05) is 10.5 Å². The Bertz CT molecular complexity index is 522. The Morgan fingerprint density at radius 1 is 1.57 bits per heavy atom. The minimum absolute atomic E-state index is 0.0673. The van der Waals surface area contributed by atoms with Crippen LogP contribution in [-0.2, 0) is 0 Å². The summed E-state index contributed by atoms with van der Waals surface area (Å²) in [6.45, 7) is 0. The number of hydrogen-bond acceptors (Lipinski definition) is 4. The van der Waals surface area contributed by atoms with E-state index in [2.05, 4.69) is 25.9 Å². The first kappa shape index (κ1) is 8.95. The first-order valence-corrected chi connectivity index (χ1v) is 4.46. The lowest BCUT2D eigenvalue weighted by Gasteiger charge is -1.93. The second-order valence-corrected chi connectivity index (χ2v) is 3.62. The molecule has 0 unspecified atom stereocenters. The molecule has 1 heterocycles. The maximum absolute atomic E-state index is 10.7. The van der Waals surface area contributed by atoms with Gasteiger partial charge in [-0.25, -0.2) is 4.98 Å². The predicted octanol–water partition coefficient (Wildman–Crippen LogP) is 1.82. The van der Waals surface area contributed by atoms with Gasteiger partial charge in [-0.2, -0.15) is 0 Å². The van der Waals surface area contributed by atoms with E-state index in [1.54, 1.807) is 6.07 Å².